The molecule has 0 saturated heterocycles. The van der Waals surface area contributed by atoms with Crippen LogP contribution < -0.4 is 5.73 Å². The molecule has 1 aromatic carbocycles. The standard InChI is InChI=1S/C12H13ClN4O2/c1-6(2)10-11(15-16-12(10)14)8-4-3-7(13)5-9(8)17(18)19/h3-6H,1-2H3,(H3,14,15,16). The zero-order valence-electron chi connectivity index (χ0n) is 10.5. The first-order valence-electron chi connectivity index (χ1n) is 5.70. The van der Waals surface area contributed by atoms with E-state index >= 15 is 0 Å². The van der Waals surface area contributed by atoms with Gasteiger partial charge in [0.15, 0.2) is 0 Å². The molecule has 19 heavy (non-hydrogen) atoms. The minimum absolute atomic E-state index is 0.0712. The van der Waals surface area contributed by atoms with E-state index in [9.17, 15) is 10.1 Å². The van der Waals surface area contributed by atoms with Gasteiger partial charge in [0.1, 0.15) is 5.82 Å². The zero-order valence-corrected chi connectivity index (χ0v) is 11.2. The molecule has 0 radical (unpaired) electrons. The third kappa shape index (κ3) is 2.39. The molecule has 0 saturated carbocycles. The molecule has 0 aliphatic rings. The summed E-state index contributed by atoms with van der Waals surface area (Å²) in [6, 6.07) is 4.52. The van der Waals surface area contributed by atoms with Crippen LogP contribution in [0.15, 0.2) is 18.2 Å². The number of aromatic amines is 1. The van der Waals surface area contributed by atoms with Gasteiger partial charge in [-0.2, -0.15) is 5.10 Å². The summed E-state index contributed by atoms with van der Waals surface area (Å²) in [5.41, 5.74) is 7.49. The lowest BCUT2D eigenvalue weighted by atomic mass is 9.98. The maximum absolute atomic E-state index is 11.1. The first-order valence-corrected chi connectivity index (χ1v) is 6.07. The third-order valence-electron chi connectivity index (χ3n) is 2.84. The lowest BCUT2D eigenvalue weighted by Gasteiger charge is -2.08. The van der Waals surface area contributed by atoms with E-state index < -0.39 is 4.92 Å². The van der Waals surface area contributed by atoms with Crippen LogP contribution in [0.4, 0.5) is 11.5 Å². The van der Waals surface area contributed by atoms with Gasteiger partial charge in [-0.25, -0.2) is 0 Å². The minimum atomic E-state index is -0.470. The molecule has 0 amide bonds. The Morgan fingerprint density at radius 1 is 1.47 bits per heavy atom. The molecule has 2 rings (SSSR count). The fraction of sp³-hybridized carbons (Fsp3) is 0.250. The van der Waals surface area contributed by atoms with Crippen molar-refractivity contribution in [1.82, 2.24) is 10.2 Å². The summed E-state index contributed by atoms with van der Waals surface area (Å²) in [4.78, 5) is 10.6. The number of nitrogens with two attached hydrogens (primary N) is 1. The topological polar surface area (TPSA) is 97.8 Å². The Morgan fingerprint density at radius 2 is 2.16 bits per heavy atom. The highest BCUT2D eigenvalue weighted by Crippen LogP contribution is 2.37. The van der Waals surface area contributed by atoms with Gasteiger partial charge in [-0.15, -0.1) is 0 Å². The fourth-order valence-electron chi connectivity index (χ4n) is 2.02. The summed E-state index contributed by atoms with van der Waals surface area (Å²) >= 11 is 5.80. The number of halogens is 1. The lowest BCUT2D eigenvalue weighted by molar-refractivity contribution is -0.384. The van der Waals surface area contributed by atoms with Crippen LogP contribution in [0.3, 0.4) is 0 Å². The van der Waals surface area contributed by atoms with E-state index in [1.165, 1.54) is 6.07 Å². The molecule has 100 valence electrons. The summed E-state index contributed by atoms with van der Waals surface area (Å²) < 4.78 is 0. The molecule has 0 unspecified atom stereocenters. The van der Waals surface area contributed by atoms with E-state index in [4.69, 9.17) is 17.3 Å². The largest absolute Gasteiger partial charge is 0.382 e. The van der Waals surface area contributed by atoms with Crippen molar-refractivity contribution < 1.29 is 4.92 Å². The third-order valence-corrected chi connectivity index (χ3v) is 3.07. The second-order valence-electron chi connectivity index (χ2n) is 4.47. The quantitative estimate of drug-likeness (QED) is 0.665. The maximum atomic E-state index is 11.1. The van der Waals surface area contributed by atoms with E-state index in [-0.39, 0.29) is 11.6 Å². The summed E-state index contributed by atoms with van der Waals surface area (Å²) in [7, 11) is 0. The fourth-order valence-corrected chi connectivity index (χ4v) is 2.19. The number of nitrogens with one attached hydrogen (secondary N) is 1. The van der Waals surface area contributed by atoms with Gasteiger partial charge in [0.2, 0.25) is 0 Å². The normalized spacial score (nSPS) is 10.9. The Bertz CT molecular complexity index is 637. The second kappa shape index (κ2) is 4.89. The molecule has 1 aromatic heterocycles. The first kappa shape index (κ1) is 13.4. The molecule has 0 aliphatic heterocycles. The van der Waals surface area contributed by atoms with Gasteiger partial charge in [0.05, 0.1) is 16.2 Å². The lowest BCUT2D eigenvalue weighted by Crippen LogP contribution is -1.97. The minimum Gasteiger partial charge on any atom is -0.382 e. The number of nitrogens with zero attached hydrogens (tertiary/aromatic N) is 2. The van der Waals surface area contributed by atoms with Crippen LogP contribution in [0, 0.1) is 10.1 Å². The van der Waals surface area contributed by atoms with Crippen LogP contribution in [0.25, 0.3) is 11.3 Å². The van der Waals surface area contributed by atoms with Crippen molar-refractivity contribution in [2.24, 2.45) is 0 Å². The molecule has 0 fully saturated rings. The van der Waals surface area contributed by atoms with Gasteiger partial charge < -0.3 is 5.73 Å². The molecule has 0 spiro atoms. The average Bonchev–Trinajstić information content (AvgIpc) is 2.70. The molecule has 0 atom stereocenters. The summed E-state index contributed by atoms with van der Waals surface area (Å²) in [6.45, 7) is 3.90. The number of aromatic nitrogens is 2. The average molecular weight is 281 g/mol. The Balaban J connectivity index is 2.69. The molecule has 6 nitrogen and oxygen atoms in total. The zero-order chi connectivity index (χ0) is 14.2. The monoisotopic (exact) mass is 280 g/mol. The van der Waals surface area contributed by atoms with Gasteiger partial charge in [-0.05, 0) is 18.1 Å². The van der Waals surface area contributed by atoms with Crippen LogP contribution in [0.1, 0.15) is 25.3 Å². The van der Waals surface area contributed by atoms with Crippen molar-refractivity contribution in [3.05, 3.63) is 38.9 Å². The van der Waals surface area contributed by atoms with Crippen LogP contribution >= 0.6 is 11.6 Å². The van der Waals surface area contributed by atoms with Crippen molar-refractivity contribution in [1.29, 1.82) is 0 Å². The Labute approximate surface area is 114 Å². The number of rotatable bonds is 3. The van der Waals surface area contributed by atoms with Crippen LogP contribution in [-0.4, -0.2) is 15.1 Å². The number of nitro groups is 1. The molecule has 2 aromatic rings. The van der Waals surface area contributed by atoms with Gasteiger partial charge in [-0.1, -0.05) is 25.4 Å². The van der Waals surface area contributed by atoms with E-state index in [2.05, 4.69) is 10.2 Å². The van der Waals surface area contributed by atoms with Crippen molar-refractivity contribution >= 4 is 23.1 Å². The highest BCUT2D eigenvalue weighted by atomic mass is 35.5. The first-order chi connectivity index (χ1) is 8.91. The van der Waals surface area contributed by atoms with Crippen molar-refractivity contribution in [2.75, 3.05) is 5.73 Å². The molecule has 1 heterocycles. The number of hydrogen-bond donors (Lipinski definition) is 2. The molecule has 0 bridgehead atoms. The molecule has 0 aliphatic carbocycles. The predicted molar refractivity (Wildman–Crippen MR) is 74.2 cm³/mol. The van der Waals surface area contributed by atoms with Crippen LogP contribution in [-0.2, 0) is 0 Å². The van der Waals surface area contributed by atoms with Crippen LogP contribution in [0.2, 0.25) is 5.02 Å². The SMILES string of the molecule is CC(C)c1c(N)n[nH]c1-c1ccc(Cl)cc1[N+](=O)[O-]. The number of nitrogen functional groups attached to an aromatic ring is 1. The van der Waals surface area contributed by atoms with E-state index in [0.29, 0.717) is 22.1 Å². The number of benzene rings is 1. The van der Waals surface area contributed by atoms with E-state index in [0.717, 1.165) is 5.56 Å². The summed E-state index contributed by atoms with van der Waals surface area (Å²) in [5, 5.41) is 18.1. The van der Waals surface area contributed by atoms with Crippen molar-refractivity contribution in [3.63, 3.8) is 0 Å². The van der Waals surface area contributed by atoms with Gasteiger partial charge in [-0.3, -0.25) is 15.2 Å². The summed E-state index contributed by atoms with van der Waals surface area (Å²) in [5.74, 6) is 0.457. The van der Waals surface area contributed by atoms with Gasteiger partial charge in [0.25, 0.3) is 5.69 Å². The van der Waals surface area contributed by atoms with E-state index in [1.807, 2.05) is 13.8 Å². The molecular formula is C12H13ClN4O2. The Hall–Kier alpha value is -2.08. The van der Waals surface area contributed by atoms with Crippen molar-refractivity contribution in [3.8, 4) is 11.3 Å². The number of anilines is 1. The maximum Gasteiger partial charge on any atom is 0.280 e. The Kier molecular flexibility index (Phi) is 3.44. The molecular weight excluding hydrogens is 268 g/mol. The molecule has 3 N–H and O–H groups in total. The van der Waals surface area contributed by atoms with E-state index in [1.54, 1.807) is 12.1 Å². The second-order valence-corrected chi connectivity index (χ2v) is 4.91. The Morgan fingerprint density at radius 3 is 2.74 bits per heavy atom. The number of hydrogen-bond acceptors (Lipinski definition) is 4. The number of H-pyrrole nitrogens is 1. The molecule has 7 heteroatoms. The number of nitro benzene ring substituents is 1. The van der Waals surface area contributed by atoms with Gasteiger partial charge in [0, 0.05) is 16.7 Å². The highest BCUT2D eigenvalue weighted by molar-refractivity contribution is 6.30. The predicted octanol–water partition coefficient (Wildman–Crippen LogP) is 3.34. The highest BCUT2D eigenvalue weighted by Gasteiger charge is 2.23. The van der Waals surface area contributed by atoms with Crippen LogP contribution in [0.5, 0.6) is 0 Å². The summed E-state index contributed by atoms with van der Waals surface area (Å²) in [6.07, 6.45) is 0. The van der Waals surface area contributed by atoms with Crippen molar-refractivity contribution in [2.45, 2.75) is 19.8 Å². The van der Waals surface area contributed by atoms with Gasteiger partial charge >= 0.3 is 0 Å². The smallest absolute Gasteiger partial charge is 0.280 e.